The summed E-state index contributed by atoms with van der Waals surface area (Å²) in [6.07, 6.45) is 4.68. The van der Waals surface area contributed by atoms with E-state index in [4.69, 9.17) is 4.42 Å². The normalized spacial score (nSPS) is 26.1. The van der Waals surface area contributed by atoms with Crippen molar-refractivity contribution in [3.8, 4) is 10.8 Å². The lowest BCUT2D eigenvalue weighted by Crippen LogP contribution is -2.28. The van der Waals surface area contributed by atoms with Crippen LogP contribution >= 0.6 is 11.3 Å². The number of hydrogen-bond donors (Lipinski definition) is 1. The molecular weight excluding hydrogens is 282 g/mol. The van der Waals surface area contributed by atoms with Gasteiger partial charge in [0.15, 0.2) is 10.8 Å². The first kappa shape index (κ1) is 13.5. The zero-order valence-corrected chi connectivity index (χ0v) is 13.2. The topological polar surface area (TPSA) is 41.3 Å². The fourth-order valence-corrected chi connectivity index (χ4v) is 4.49. The van der Waals surface area contributed by atoms with Gasteiger partial charge in [-0.3, -0.25) is 4.90 Å². The van der Waals surface area contributed by atoms with E-state index >= 15 is 0 Å². The summed E-state index contributed by atoms with van der Waals surface area (Å²) in [6, 6.07) is 4.00. The van der Waals surface area contributed by atoms with Gasteiger partial charge in [0.1, 0.15) is 5.76 Å². The fourth-order valence-electron chi connectivity index (χ4n) is 3.57. The smallest absolute Gasteiger partial charge is 0.162 e. The first-order valence-corrected chi connectivity index (χ1v) is 8.49. The lowest BCUT2D eigenvalue weighted by molar-refractivity contribution is 0.270. The van der Waals surface area contributed by atoms with Crippen LogP contribution in [0.4, 0.5) is 0 Å². The third-order valence-corrected chi connectivity index (χ3v) is 5.73. The molecule has 0 saturated carbocycles. The van der Waals surface area contributed by atoms with Crippen molar-refractivity contribution in [1.82, 2.24) is 15.2 Å². The number of aromatic nitrogens is 1. The molecule has 0 aromatic carbocycles. The van der Waals surface area contributed by atoms with Gasteiger partial charge in [-0.1, -0.05) is 0 Å². The van der Waals surface area contributed by atoms with Gasteiger partial charge >= 0.3 is 0 Å². The summed E-state index contributed by atoms with van der Waals surface area (Å²) < 4.78 is 5.66. The van der Waals surface area contributed by atoms with Crippen LogP contribution in [0.2, 0.25) is 0 Å². The SMILES string of the molecule is Cc1ccc(-c2ncc(CN3CCC4(CCNC4)C3)s2)o1. The lowest BCUT2D eigenvalue weighted by Gasteiger charge is -2.22. The maximum Gasteiger partial charge on any atom is 0.162 e. The molecule has 0 aliphatic carbocycles. The van der Waals surface area contributed by atoms with Crippen molar-refractivity contribution < 1.29 is 4.42 Å². The third-order valence-electron chi connectivity index (χ3n) is 4.73. The minimum atomic E-state index is 0.547. The lowest BCUT2D eigenvalue weighted by atomic mass is 9.87. The molecule has 112 valence electrons. The van der Waals surface area contributed by atoms with Crippen molar-refractivity contribution >= 4 is 11.3 Å². The molecule has 2 aliphatic rings. The van der Waals surface area contributed by atoms with Gasteiger partial charge < -0.3 is 9.73 Å². The average molecular weight is 303 g/mol. The summed E-state index contributed by atoms with van der Waals surface area (Å²) in [4.78, 5) is 8.43. The summed E-state index contributed by atoms with van der Waals surface area (Å²) in [7, 11) is 0. The number of furan rings is 1. The molecule has 1 atom stereocenters. The number of likely N-dealkylation sites (tertiary alicyclic amines) is 1. The molecule has 5 heteroatoms. The number of nitrogens with one attached hydrogen (secondary N) is 1. The monoisotopic (exact) mass is 303 g/mol. The number of thiazole rings is 1. The standard InChI is InChI=1S/C16H21N3OS/c1-12-2-3-14(20-12)15-18-8-13(21-15)9-19-7-5-16(11-19)4-6-17-10-16/h2-3,8,17H,4-7,9-11H2,1H3. The van der Waals surface area contributed by atoms with Gasteiger partial charge in [0.05, 0.1) is 0 Å². The van der Waals surface area contributed by atoms with E-state index < -0.39 is 0 Å². The van der Waals surface area contributed by atoms with Crippen molar-refractivity contribution in [2.45, 2.75) is 26.3 Å². The zero-order valence-electron chi connectivity index (χ0n) is 12.4. The van der Waals surface area contributed by atoms with E-state index in [9.17, 15) is 0 Å². The summed E-state index contributed by atoms with van der Waals surface area (Å²) >= 11 is 1.75. The molecule has 4 heterocycles. The fraction of sp³-hybridized carbons (Fsp3) is 0.562. The molecule has 1 N–H and O–H groups in total. The molecular formula is C16H21N3OS. The van der Waals surface area contributed by atoms with E-state index in [2.05, 4.69) is 15.2 Å². The van der Waals surface area contributed by atoms with Crippen molar-refractivity contribution in [2.75, 3.05) is 26.2 Å². The minimum absolute atomic E-state index is 0.547. The number of aryl methyl sites for hydroxylation is 1. The Morgan fingerprint density at radius 2 is 2.38 bits per heavy atom. The van der Waals surface area contributed by atoms with Crippen molar-refractivity contribution in [1.29, 1.82) is 0 Å². The van der Waals surface area contributed by atoms with Gasteiger partial charge in [0.25, 0.3) is 0 Å². The van der Waals surface area contributed by atoms with Crippen LogP contribution in [-0.2, 0) is 6.54 Å². The Morgan fingerprint density at radius 1 is 1.43 bits per heavy atom. The maximum atomic E-state index is 5.66. The van der Waals surface area contributed by atoms with Crippen molar-refractivity contribution in [3.63, 3.8) is 0 Å². The van der Waals surface area contributed by atoms with E-state index in [-0.39, 0.29) is 0 Å². The molecule has 4 nitrogen and oxygen atoms in total. The van der Waals surface area contributed by atoms with Crippen LogP contribution < -0.4 is 5.32 Å². The highest BCUT2D eigenvalue weighted by Gasteiger charge is 2.40. The van der Waals surface area contributed by atoms with Crippen LogP contribution in [0.5, 0.6) is 0 Å². The molecule has 4 rings (SSSR count). The van der Waals surface area contributed by atoms with Crippen molar-refractivity contribution in [3.05, 3.63) is 29.0 Å². The molecule has 2 aromatic rings. The Kier molecular flexibility index (Phi) is 3.36. The maximum absolute atomic E-state index is 5.66. The zero-order chi connectivity index (χ0) is 14.3. The Balaban J connectivity index is 1.43. The van der Waals surface area contributed by atoms with E-state index in [1.807, 2.05) is 25.3 Å². The van der Waals surface area contributed by atoms with Crippen LogP contribution in [0.1, 0.15) is 23.5 Å². The van der Waals surface area contributed by atoms with E-state index in [1.165, 1.54) is 43.9 Å². The minimum Gasteiger partial charge on any atom is -0.459 e. The van der Waals surface area contributed by atoms with Crippen LogP contribution in [-0.4, -0.2) is 36.1 Å². The van der Waals surface area contributed by atoms with Gasteiger partial charge in [-0.15, -0.1) is 11.3 Å². The molecule has 0 radical (unpaired) electrons. The number of rotatable bonds is 3. The van der Waals surface area contributed by atoms with Gasteiger partial charge in [-0.25, -0.2) is 4.98 Å². The van der Waals surface area contributed by atoms with Gasteiger partial charge in [-0.2, -0.15) is 0 Å². The van der Waals surface area contributed by atoms with Crippen LogP contribution in [0.25, 0.3) is 10.8 Å². The van der Waals surface area contributed by atoms with E-state index in [0.717, 1.165) is 23.1 Å². The second-order valence-corrected chi connectivity index (χ2v) is 7.54. The Labute approximate surface area is 129 Å². The second-order valence-electron chi connectivity index (χ2n) is 6.43. The molecule has 0 bridgehead atoms. The van der Waals surface area contributed by atoms with Gasteiger partial charge in [0.2, 0.25) is 0 Å². The number of hydrogen-bond acceptors (Lipinski definition) is 5. The molecule has 2 aliphatic heterocycles. The predicted octanol–water partition coefficient (Wildman–Crippen LogP) is 2.90. The highest BCUT2D eigenvalue weighted by Crippen LogP contribution is 2.37. The molecule has 1 spiro atoms. The van der Waals surface area contributed by atoms with Crippen molar-refractivity contribution in [2.24, 2.45) is 5.41 Å². The average Bonchev–Trinajstić information content (AvgIpc) is 3.21. The molecule has 2 fully saturated rings. The Bertz CT molecular complexity index is 627. The first-order valence-electron chi connectivity index (χ1n) is 7.67. The first-order chi connectivity index (χ1) is 10.2. The summed E-state index contributed by atoms with van der Waals surface area (Å²) in [5.74, 6) is 1.83. The Hall–Kier alpha value is -1.17. The summed E-state index contributed by atoms with van der Waals surface area (Å²) in [6.45, 7) is 7.83. The number of nitrogens with zero attached hydrogens (tertiary/aromatic N) is 2. The third kappa shape index (κ3) is 2.65. The van der Waals surface area contributed by atoms with E-state index in [0.29, 0.717) is 5.41 Å². The summed E-state index contributed by atoms with van der Waals surface area (Å²) in [5, 5.41) is 4.51. The molecule has 21 heavy (non-hydrogen) atoms. The summed E-state index contributed by atoms with van der Waals surface area (Å²) in [5.41, 5.74) is 0.547. The Morgan fingerprint density at radius 3 is 3.14 bits per heavy atom. The molecule has 2 saturated heterocycles. The molecule has 0 amide bonds. The highest BCUT2D eigenvalue weighted by atomic mass is 32.1. The quantitative estimate of drug-likeness (QED) is 0.946. The van der Waals surface area contributed by atoms with Gasteiger partial charge in [0, 0.05) is 30.7 Å². The largest absolute Gasteiger partial charge is 0.459 e. The van der Waals surface area contributed by atoms with Crippen LogP contribution in [0.3, 0.4) is 0 Å². The molecule has 1 unspecified atom stereocenters. The van der Waals surface area contributed by atoms with Crippen LogP contribution in [0.15, 0.2) is 22.7 Å². The van der Waals surface area contributed by atoms with Crippen LogP contribution in [0, 0.1) is 12.3 Å². The predicted molar refractivity (Wildman–Crippen MR) is 84.4 cm³/mol. The van der Waals surface area contributed by atoms with Gasteiger partial charge in [-0.05, 0) is 50.4 Å². The second kappa shape index (κ2) is 5.23. The van der Waals surface area contributed by atoms with E-state index in [1.54, 1.807) is 11.3 Å². The highest BCUT2D eigenvalue weighted by molar-refractivity contribution is 7.14. The molecule has 2 aromatic heterocycles.